The number of primary amides is 1. The third-order valence-electron chi connectivity index (χ3n) is 8.22. The number of phenolic OH excluding ortho intramolecular Hbond substituents is 1. The fourth-order valence-corrected chi connectivity index (χ4v) is 6.30. The van der Waals surface area contributed by atoms with Crippen molar-refractivity contribution in [3.8, 4) is 16.9 Å². The molecular formula is C30H29N3O9. The molecule has 42 heavy (non-hydrogen) atoms. The van der Waals surface area contributed by atoms with Crippen molar-refractivity contribution < 1.29 is 39.2 Å². The Morgan fingerprint density at radius 1 is 1.12 bits per heavy atom. The zero-order chi connectivity index (χ0) is 30.3. The van der Waals surface area contributed by atoms with Crippen LogP contribution in [0.2, 0.25) is 0 Å². The third kappa shape index (κ3) is 4.58. The molecule has 218 valence electrons. The number of nitrogens with zero attached hydrogens (tertiary/aromatic N) is 1. The first kappa shape index (κ1) is 28.8. The van der Waals surface area contributed by atoms with E-state index in [1.165, 1.54) is 6.07 Å². The lowest BCUT2D eigenvalue weighted by Gasteiger charge is -2.45. The van der Waals surface area contributed by atoms with Crippen LogP contribution in [0.3, 0.4) is 0 Å². The summed E-state index contributed by atoms with van der Waals surface area (Å²) in [6.07, 6.45) is -0.0838. The van der Waals surface area contributed by atoms with E-state index in [4.69, 9.17) is 10.5 Å². The molecule has 1 amide bonds. The number of hydrogen-bond acceptors (Lipinski definition) is 11. The Hall–Kier alpha value is -4.68. The molecule has 0 spiro atoms. The molecule has 3 aliphatic carbocycles. The minimum atomic E-state index is -2.64. The molecule has 0 aromatic heterocycles. The standard InChI is InChI=1S/C30H29N3O9/c1-2-42-22(35)13-32-12-14-3-5-15(6-4-14)18-7-8-21(34)24-19(18)10-16-9-17-11-20(33-41)25(29(31)39)28(38)30(17,40)27(37)23(16)26(24)36/h3-8,16-17,32,34,37,40H,2,9-13H2,1H3,(H2,31,39)/t16-,17+,30+/m1/s1. The van der Waals surface area contributed by atoms with Crippen LogP contribution in [0.4, 0.5) is 0 Å². The predicted molar refractivity (Wildman–Crippen MR) is 148 cm³/mol. The van der Waals surface area contributed by atoms with Crippen LogP contribution in [0.25, 0.3) is 11.1 Å². The molecule has 12 nitrogen and oxygen atoms in total. The molecular weight excluding hydrogens is 546 g/mol. The van der Waals surface area contributed by atoms with Crippen LogP contribution in [0.5, 0.6) is 5.75 Å². The van der Waals surface area contributed by atoms with Gasteiger partial charge in [-0.25, -0.2) is 0 Å². The lowest BCUT2D eigenvalue weighted by molar-refractivity contribution is -0.143. The second kappa shape index (κ2) is 11.0. The number of benzene rings is 2. The van der Waals surface area contributed by atoms with Crippen molar-refractivity contribution >= 4 is 23.4 Å². The smallest absolute Gasteiger partial charge is 0.319 e. The Morgan fingerprint density at radius 2 is 1.83 bits per heavy atom. The van der Waals surface area contributed by atoms with E-state index in [2.05, 4.69) is 10.5 Å². The highest BCUT2D eigenvalue weighted by Crippen LogP contribution is 2.52. The van der Waals surface area contributed by atoms with Crippen LogP contribution in [-0.2, 0) is 32.1 Å². The number of hydrogen-bond donors (Lipinski definition) is 5. The Bertz CT molecular complexity index is 1590. The van der Waals surface area contributed by atoms with Crippen molar-refractivity contribution in [2.75, 3.05) is 13.2 Å². The molecule has 3 atom stereocenters. The minimum Gasteiger partial charge on any atom is -0.508 e. The zero-order valence-corrected chi connectivity index (χ0v) is 22.7. The number of rotatable bonds is 8. The molecule has 0 unspecified atom stereocenters. The average Bonchev–Trinajstić information content (AvgIpc) is 2.95. The number of aliphatic hydroxyl groups is 2. The summed E-state index contributed by atoms with van der Waals surface area (Å²) in [7, 11) is 0. The maximum atomic E-state index is 13.8. The molecule has 0 bridgehead atoms. The number of carbonyl (C=O) groups excluding carboxylic acids is 4. The third-order valence-corrected chi connectivity index (χ3v) is 8.22. The highest BCUT2D eigenvalue weighted by Gasteiger charge is 2.59. The lowest BCUT2D eigenvalue weighted by atomic mass is 9.60. The molecule has 0 saturated carbocycles. The van der Waals surface area contributed by atoms with E-state index >= 15 is 0 Å². The summed E-state index contributed by atoms with van der Waals surface area (Å²) in [5, 5.41) is 39.1. The first-order chi connectivity index (χ1) is 20.0. The van der Waals surface area contributed by atoms with Gasteiger partial charge in [0.15, 0.2) is 11.4 Å². The predicted octanol–water partition coefficient (Wildman–Crippen LogP) is 2.11. The van der Waals surface area contributed by atoms with E-state index in [-0.39, 0.29) is 48.7 Å². The van der Waals surface area contributed by atoms with E-state index in [0.29, 0.717) is 24.3 Å². The number of Topliss-reactive ketones (excluding diaryl/α,β-unsaturated/α-hetero) is 2. The van der Waals surface area contributed by atoms with Crippen LogP contribution < -0.4 is 11.1 Å². The summed E-state index contributed by atoms with van der Waals surface area (Å²) >= 11 is 0. The summed E-state index contributed by atoms with van der Waals surface area (Å²) in [6, 6.07) is 10.5. The number of ether oxygens (including phenoxy) is 1. The molecule has 0 fully saturated rings. The molecule has 0 aliphatic heterocycles. The van der Waals surface area contributed by atoms with Gasteiger partial charge >= 0.3 is 5.97 Å². The van der Waals surface area contributed by atoms with E-state index in [1.54, 1.807) is 13.0 Å². The maximum Gasteiger partial charge on any atom is 0.319 e. The number of nitroso groups, excluding NO2 is 1. The first-order valence-corrected chi connectivity index (χ1v) is 13.4. The number of phenols is 1. The van der Waals surface area contributed by atoms with E-state index < -0.39 is 51.9 Å². The molecule has 0 saturated heterocycles. The van der Waals surface area contributed by atoms with Crippen molar-refractivity contribution in [1.29, 1.82) is 0 Å². The Morgan fingerprint density at radius 3 is 2.48 bits per heavy atom. The van der Waals surface area contributed by atoms with Crippen molar-refractivity contribution in [3.63, 3.8) is 0 Å². The van der Waals surface area contributed by atoms with Gasteiger partial charge < -0.3 is 31.1 Å². The summed E-state index contributed by atoms with van der Waals surface area (Å²) in [5.74, 6) is -6.58. The molecule has 0 heterocycles. The Balaban J connectivity index is 1.49. The molecule has 0 radical (unpaired) electrons. The Labute approximate surface area is 239 Å². The van der Waals surface area contributed by atoms with Crippen LogP contribution in [0.1, 0.15) is 41.3 Å². The van der Waals surface area contributed by atoms with Gasteiger partial charge in [0.25, 0.3) is 5.91 Å². The van der Waals surface area contributed by atoms with Crippen molar-refractivity contribution in [3.05, 3.63) is 80.6 Å². The second-order valence-corrected chi connectivity index (χ2v) is 10.6. The number of nitrogens with one attached hydrogen (secondary N) is 1. The Kier molecular flexibility index (Phi) is 7.52. The van der Waals surface area contributed by atoms with Crippen LogP contribution in [-0.4, -0.2) is 57.5 Å². The molecule has 12 heteroatoms. The van der Waals surface area contributed by atoms with Crippen molar-refractivity contribution in [2.45, 2.75) is 38.3 Å². The highest BCUT2D eigenvalue weighted by molar-refractivity contribution is 6.24. The van der Waals surface area contributed by atoms with Crippen LogP contribution >= 0.6 is 0 Å². The minimum absolute atomic E-state index is 0.0258. The van der Waals surface area contributed by atoms with Gasteiger partial charge in [-0.1, -0.05) is 30.3 Å². The molecule has 6 N–H and O–H groups in total. The molecule has 3 aliphatic rings. The van der Waals surface area contributed by atoms with E-state index in [9.17, 15) is 39.4 Å². The maximum absolute atomic E-state index is 13.8. The van der Waals surface area contributed by atoms with Gasteiger partial charge in [-0.05, 0) is 59.2 Å². The van der Waals surface area contributed by atoms with Crippen molar-refractivity contribution in [1.82, 2.24) is 5.32 Å². The summed E-state index contributed by atoms with van der Waals surface area (Å²) in [4.78, 5) is 61.9. The largest absolute Gasteiger partial charge is 0.508 e. The average molecular weight is 576 g/mol. The SMILES string of the molecule is CCOC(=O)CNCc1ccc(-c2ccc(O)c3c2C[C@H]2C[C@H]4CC(N=O)=C(C(N)=O)C(=O)[C@@]4(O)C(O)=C2C3=O)cc1. The number of carbonyl (C=O) groups is 4. The fourth-order valence-electron chi connectivity index (χ4n) is 6.30. The van der Waals surface area contributed by atoms with Gasteiger partial charge in [-0.2, -0.15) is 0 Å². The number of ketones is 2. The number of allylic oxidation sites excluding steroid dienone is 2. The molecule has 2 aromatic carbocycles. The molecule has 2 aromatic rings. The summed E-state index contributed by atoms with van der Waals surface area (Å²) in [5.41, 5.74) is 4.00. The number of fused-ring (bicyclic) bond motifs is 3. The number of aromatic hydroxyl groups is 1. The normalized spacial score (nSPS) is 23.2. The van der Waals surface area contributed by atoms with Gasteiger partial charge in [-0.15, -0.1) is 4.91 Å². The number of amides is 1. The van der Waals surface area contributed by atoms with E-state index in [0.717, 1.165) is 11.1 Å². The van der Waals surface area contributed by atoms with Gasteiger partial charge in [0.2, 0.25) is 5.78 Å². The second-order valence-electron chi connectivity index (χ2n) is 10.6. The van der Waals surface area contributed by atoms with Crippen molar-refractivity contribution in [2.24, 2.45) is 22.7 Å². The van der Waals surface area contributed by atoms with Gasteiger partial charge in [-0.3, -0.25) is 19.2 Å². The number of aliphatic hydroxyl groups excluding tert-OH is 1. The monoisotopic (exact) mass is 575 g/mol. The highest BCUT2D eigenvalue weighted by atomic mass is 16.5. The number of nitrogens with two attached hydrogens (primary N) is 1. The quantitative estimate of drug-likeness (QED) is 0.176. The van der Waals surface area contributed by atoms with Crippen LogP contribution in [0.15, 0.2) is 64.2 Å². The lowest BCUT2D eigenvalue weighted by Crippen LogP contribution is -2.57. The van der Waals surface area contributed by atoms with Crippen LogP contribution in [0, 0.1) is 16.7 Å². The molecule has 5 rings (SSSR count). The number of esters is 1. The first-order valence-electron chi connectivity index (χ1n) is 13.4. The summed E-state index contributed by atoms with van der Waals surface area (Å²) in [6.45, 7) is 2.53. The van der Waals surface area contributed by atoms with Gasteiger partial charge in [0, 0.05) is 24.5 Å². The zero-order valence-electron chi connectivity index (χ0n) is 22.7. The van der Waals surface area contributed by atoms with Gasteiger partial charge in [0.05, 0.1) is 18.7 Å². The topological polar surface area (TPSA) is 206 Å². The van der Waals surface area contributed by atoms with E-state index in [1.807, 2.05) is 24.3 Å². The summed E-state index contributed by atoms with van der Waals surface area (Å²) < 4.78 is 4.90. The fraction of sp³-hybridized carbons (Fsp3) is 0.333. The van der Waals surface area contributed by atoms with Gasteiger partial charge in [0.1, 0.15) is 22.8 Å².